The summed E-state index contributed by atoms with van der Waals surface area (Å²) < 4.78 is 4.74. The number of esters is 1. The van der Waals surface area contributed by atoms with Crippen LogP contribution in [0.3, 0.4) is 0 Å². The normalized spacial score (nSPS) is 9.47. The number of ether oxygens (including phenoxy) is 1. The minimum absolute atomic E-state index is 0.145. The van der Waals surface area contributed by atoms with Crippen LogP contribution in [0.5, 0.6) is 0 Å². The van der Waals surface area contributed by atoms with Gasteiger partial charge in [-0.15, -0.1) is 0 Å². The highest BCUT2D eigenvalue weighted by atomic mass is 35.5. The van der Waals surface area contributed by atoms with Crippen LogP contribution in [0.4, 0.5) is 5.82 Å². The first-order valence-corrected chi connectivity index (χ1v) is 4.76. The summed E-state index contributed by atoms with van der Waals surface area (Å²) in [7, 11) is 0. The van der Waals surface area contributed by atoms with Gasteiger partial charge < -0.3 is 10.1 Å². The molecule has 0 aliphatic carbocycles. The Hall–Kier alpha value is -1.55. The Bertz CT molecular complexity index is 362. The van der Waals surface area contributed by atoms with E-state index in [1.165, 1.54) is 6.20 Å². The van der Waals surface area contributed by atoms with Crippen LogP contribution in [-0.2, 0) is 9.53 Å². The maximum atomic E-state index is 11.2. The number of pyridine rings is 1. The quantitative estimate of drug-likeness (QED) is 0.632. The van der Waals surface area contributed by atoms with Gasteiger partial charge in [0.05, 0.1) is 11.6 Å². The molecule has 0 radical (unpaired) electrons. The fraction of sp³-hybridized carbons (Fsp3) is 0.200. The van der Waals surface area contributed by atoms with E-state index in [1.54, 1.807) is 19.1 Å². The van der Waals surface area contributed by atoms with Crippen LogP contribution < -0.4 is 5.32 Å². The summed E-state index contributed by atoms with van der Waals surface area (Å²) in [4.78, 5) is 15.1. The molecule has 15 heavy (non-hydrogen) atoms. The van der Waals surface area contributed by atoms with E-state index in [2.05, 4.69) is 16.9 Å². The Morgan fingerprint density at radius 3 is 2.93 bits per heavy atom. The van der Waals surface area contributed by atoms with Crippen molar-refractivity contribution < 1.29 is 9.53 Å². The summed E-state index contributed by atoms with van der Waals surface area (Å²) >= 11 is 5.66. The Morgan fingerprint density at radius 2 is 2.40 bits per heavy atom. The lowest BCUT2D eigenvalue weighted by Crippen LogP contribution is -2.13. The number of nitrogens with one attached hydrogen (secondary N) is 1. The van der Waals surface area contributed by atoms with E-state index >= 15 is 0 Å². The van der Waals surface area contributed by atoms with Crippen molar-refractivity contribution in [2.75, 3.05) is 11.9 Å². The second kappa shape index (κ2) is 5.36. The predicted molar refractivity (Wildman–Crippen MR) is 58.6 cm³/mol. The molecule has 0 atom stereocenters. The Balaban J connectivity index is 2.58. The van der Waals surface area contributed by atoms with Crippen molar-refractivity contribution in [1.29, 1.82) is 0 Å². The van der Waals surface area contributed by atoms with Crippen LogP contribution in [0, 0.1) is 0 Å². The topological polar surface area (TPSA) is 51.2 Å². The zero-order valence-corrected chi connectivity index (χ0v) is 9.04. The van der Waals surface area contributed by atoms with Gasteiger partial charge in [0.2, 0.25) is 0 Å². The number of hydrogen-bond donors (Lipinski definition) is 1. The molecular weight excluding hydrogens is 216 g/mol. The molecule has 0 unspecified atom stereocenters. The summed E-state index contributed by atoms with van der Waals surface area (Å²) in [5.41, 5.74) is 0.145. The number of carbonyl (C=O) groups excluding carboxylic acids is 1. The summed E-state index contributed by atoms with van der Waals surface area (Å²) in [6.07, 6.45) is 1.47. The van der Waals surface area contributed by atoms with Gasteiger partial charge in [0.1, 0.15) is 11.5 Å². The van der Waals surface area contributed by atoms with E-state index in [-0.39, 0.29) is 5.70 Å². The molecular formula is C10H11ClN2O2. The number of hydrogen-bond acceptors (Lipinski definition) is 4. The monoisotopic (exact) mass is 226 g/mol. The third kappa shape index (κ3) is 3.59. The molecule has 80 valence electrons. The maximum absolute atomic E-state index is 11.2. The highest BCUT2D eigenvalue weighted by molar-refractivity contribution is 6.30. The molecule has 0 aromatic carbocycles. The zero-order valence-electron chi connectivity index (χ0n) is 8.29. The molecule has 0 spiro atoms. The molecule has 1 N–H and O–H groups in total. The van der Waals surface area contributed by atoms with Gasteiger partial charge in [-0.05, 0) is 19.1 Å². The first-order valence-electron chi connectivity index (χ1n) is 4.38. The van der Waals surface area contributed by atoms with Crippen molar-refractivity contribution in [3.05, 3.63) is 35.6 Å². The average Bonchev–Trinajstić information content (AvgIpc) is 2.22. The van der Waals surface area contributed by atoms with Crippen LogP contribution in [0.1, 0.15) is 6.92 Å². The number of aromatic nitrogens is 1. The molecule has 1 rings (SSSR count). The van der Waals surface area contributed by atoms with Crippen molar-refractivity contribution in [2.24, 2.45) is 0 Å². The van der Waals surface area contributed by atoms with Gasteiger partial charge in [-0.25, -0.2) is 9.78 Å². The molecule has 0 aliphatic heterocycles. The van der Waals surface area contributed by atoms with E-state index in [0.717, 1.165) is 0 Å². The third-order valence-electron chi connectivity index (χ3n) is 1.53. The Morgan fingerprint density at radius 1 is 1.67 bits per heavy atom. The standard InChI is InChI=1S/C10H11ClN2O2/c1-3-15-10(14)7(2)13-9-5-4-8(11)6-12-9/h4-6H,2-3H2,1H3,(H,12,13). The molecule has 5 heteroatoms. The van der Waals surface area contributed by atoms with Crippen LogP contribution in [0.2, 0.25) is 5.02 Å². The molecule has 1 aromatic rings. The summed E-state index contributed by atoms with van der Waals surface area (Å²) in [6, 6.07) is 3.31. The molecule has 1 heterocycles. The van der Waals surface area contributed by atoms with Gasteiger partial charge in [0, 0.05) is 6.20 Å². The molecule has 0 saturated heterocycles. The third-order valence-corrected chi connectivity index (χ3v) is 1.75. The van der Waals surface area contributed by atoms with Gasteiger partial charge in [-0.3, -0.25) is 0 Å². The highest BCUT2D eigenvalue weighted by Crippen LogP contribution is 2.11. The molecule has 0 aliphatic rings. The Kier molecular flexibility index (Phi) is 4.12. The minimum Gasteiger partial charge on any atom is -0.461 e. The van der Waals surface area contributed by atoms with Crippen LogP contribution in [0.25, 0.3) is 0 Å². The zero-order chi connectivity index (χ0) is 11.3. The van der Waals surface area contributed by atoms with Crippen molar-refractivity contribution in [3.8, 4) is 0 Å². The average molecular weight is 227 g/mol. The van der Waals surface area contributed by atoms with Crippen molar-refractivity contribution in [3.63, 3.8) is 0 Å². The molecule has 4 nitrogen and oxygen atoms in total. The number of nitrogens with zero attached hydrogens (tertiary/aromatic N) is 1. The smallest absolute Gasteiger partial charge is 0.354 e. The summed E-state index contributed by atoms with van der Waals surface area (Å²) in [5.74, 6) is 0.00621. The lowest BCUT2D eigenvalue weighted by Gasteiger charge is -2.07. The fourth-order valence-corrected chi connectivity index (χ4v) is 0.985. The van der Waals surface area contributed by atoms with Crippen molar-refractivity contribution >= 4 is 23.4 Å². The van der Waals surface area contributed by atoms with E-state index < -0.39 is 5.97 Å². The van der Waals surface area contributed by atoms with Crippen molar-refractivity contribution in [1.82, 2.24) is 4.98 Å². The van der Waals surface area contributed by atoms with E-state index in [1.807, 2.05) is 0 Å². The van der Waals surface area contributed by atoms with E-state index in [4.69, 9.17) is 16.3 Å². The second-order valence-corrected chi connectivity index (χ2v) is 3.12. The molecule has 0 fully saturated rings. The van der Waals surface area contributed by atoms with Gasteiger partial charge >= 0.3 is 5.97 Å². The van der Waals surface area contributed by atoms with E-state index in [0.29, 0.717) is 17.4 Å². The number of carbonyl (C=O) groups is 1. The Labute approximate surface area is 92.9 Å². The fourth-order valence-electron chi connectivity index (χ4n) is 0.874. The van der Waals surface area contributed by atoms with Gasteiger partial charge in [0.25, 0.3) is 0 Å². The first kappa shape index (κ1) is 11.5. The number of anilines is 1. The molecule has 0 saturated carbocycles. The first-order chi connectivity index (χ1) is 7.13. The SMILES string of the molecule is C=C(Nc1ccc(Cl)cn1)C(=O)OCC. The summed E-state index contributed by atoms with van der Waals surface area (Å²) in [5, 5.41) is 3.24. The predicted octanol–water partition coefficient (Wildman–Crippen LogP) is 2.22. The number of halogens is 1. The highest BCUT2D eigenvalue weighted by Gasteiger charge is 2.07. The van der Waals surface area contributed by atoms with Gasteiger partial charge in [0.15, 0.2) is 0 Å². The molecule has 0 bridgehead atoms. The van der Waals surface area contributed by atoms with Crippen molar-refractivity contribution in [2.45, 2.75) is 6.92 Å². The summed E-state index contributed by atoms with van der Waals surface area (Å²) in [6.45, 7) is 5.57. The largest absolute Gasteiger partial charge is 0.461 e. The van der Waals surface area contributed by atoms with Crippen LogP contribution in [0.15, 0.2) is 30.6 Å². The van der Waals surface area contributed by atoms with Crippen LogP contribution in [-0.4, -0.2) is 17.6 Å². The van der Waals surface area contributed by atoms with Gasteiger partial charge in [-0.1, -0.05) is 18.2 Å². The van der Waals surface area contributed by atoms with Crippen LogP contribution >= 0.6 is 11.6 Å². The maximum Gasteiger partial charge on any atom is 0.354 e. The van der Waals surface area contributed by atoms with Gasteiger partial charge in [-0.2, -0.15) is 0 Å². The van der Waals surface area contributed by atoms with E-state index in [9.17, 15) is 4.79 Å². The lowest BCUT2D eigenvalue weighted by atomic mass is 10.4. The lowest BCUT2D eigenvalue weighted by molar-refractivity contribution is -0.138. The molecule has 1 aromatic heterocycles. The minimum atomic E-state index is -0.491. The second-order valence-electron chi connectivity index (χ2n) is 2.69. The number of rotatable bonds is 4. The molecule has 0 amide bonds.